The molecular weight excluding hydrogens is 143 g/mol. The van der Waals surface area contributed by atoms with Gasteiger partial charge in [0.1, 0.15) is 0 Å². The Kier molecular flexibility index (Phi) is 35.5. The van der Waals surface area contributed by atoms with Crippen molar-refractivity contribution in [2.75, 3.05) is 0 Å². The van der Waals surface area contributed by atoms with Crippen LogP contribution in [0.25, 0.3) is 0 Å². The van der Waals surface area contributed by atoms with E-state index in [1.54, 1.807) is 6.92 Å². The monoisotopic (exact) mass is 147 g/mol. The van der Waals surface area contributed by atoms with Crippen LogP contribution < -0.4 is 0 Å². The van der Waals surface area contributed by atoms with Crippen LogP contribution >= 0.6 is 18.6 Å². The first-order valence-electron chi connectivity index (χ1n) is 1.09. The van der Waals surface area contributed by atoms with Crippen molar-refractivity contribution < 1.29 is 17.0 Å². The number of hydrogen-bond acceptors (Lipinski definition) is 0. The van der Waals surface area contributed by atoms with Gasteiger partial charge >= 0.3 is 35.6 Å². The summed E-state index contributed by atoms with van der Waals surface area (Å²) in [5.41, 5.74) is 0. The molecule has 0 rings (SSSR count). The molecule has 0 spiro atoms. The number of halogens is 2. The Morgan fingerprint density at radius 1 is 1.40 bits per heavy atom. The Labute approximate surface area is 49.5 Å². The molecule has 0 unspecified atom stereocenters. The Hall–Kier alpha value is 1.29. The van der Waals surface area contributed by atoms with E-state index in [0.717, 1.165) is 0 Å². The molecule has 0 aliphatic heterocycles. The molecule has 0 atom stereocenters. The van der Waals surface area contributed by atoms with E-state index in [1.165, 1.54) is 0 Å². The molecule has 0 fully saturated rings. The predicted molar refractivity (Wildman–Crippen MR) is 22.7 cm³/mol. The van der Waals surface area contributed by atoms with E-state index in [4.69, 9.17) is 18.6 Å². The topological polar surface area (TPSA) is 0 Å². The summed E-state index contributed by atoms with van der Waals surface area (Å²) in [6.45, 7) is 5.00. The van der Waals surface area contributed by atoms with Crippen molar-refractivity contribution in [3.8, 4) is 0 Å². The van der Waals surface area contributed by atoms with Crippen molar-refractivity contribution in [3.05, 3.63) is 6.92 Å². The minimum absolute atomic E-state index is 0.556. The first-order chi connectivity index (χ1) is 2.41. The summed E-state index contributed by atoms with van der Waals surface area (Å²) >= 11 is -0.556. The molecule has 32 valence electrons. The van der Waals surface area contributed by atoms with Crippen LogP contribution in [0, 0.1) is 6.92 Å². The Bertz CT molecular complexity index is 7.61. The van der Waals surface area contributed by atoms with E-state index >= 15 is 0 Å². The van der Waals surface area contributed by atoms with Crippen LogP contribution in [0.2, 0.25) is 0 Å². The summed E-state index contributed by atoms with van der Waals surface area (Å²) in [7, 11) is 9.78. The maximum absolute atomic E-state index is 4.89. The number of hydrogen-bond donors (Lipinski definition) is 0. The molecular formula is C2H5Cl2Ti-. The Balaban J connectivity index is 0. The van der Waals surface area contributed by atoms with Crippen molar-refractivity contribution in [2.45, 2.75) is 6.92 Å². The summed E-state index contributed by atoms with van der Waals surface area (Å²) in [6.07, 6.45) is 0. The van der Waals surface area contributed by atoms with Crippen LogP contribution in [-0.4, -0.2) is 0 Å². The zero-order valence-electron chi connectivity index (χ0n) is 2.96. The van der Waals surface area contributed by atoms with Gasteiger partial charge in [-0.15, -0.1) is 0 Å². The molecule has 0 nitrogen and oxygen atoms in total. The normalized spacial score (nSPS) is 4.00. The van der Waals surface area contributed by atoms with Gasteiger partial charge in [-0.1, -0.05) is 0 Å². The zero-order valence-corrected chi connectivity index (χ0v) is 6.04. The molecule has 0 N–H and O–H groups in total. The summed E-state index contributed by atoms with van der Waals surface area (Å²) in [5.74, 6) is 0. The van der Waals surface area contributed by atoms with Gasteiger partial charge in [0.15, 0.2) is 0 Å². The van der Waals surface area contributed by atoms with Crippen molar-refractivity contribution in [2.24, 2.45) is 0 Å². The fourth-order valence-corrected chi connectivity index (χ4v) is 0. The molecule has 0 bridgehead atoms. The zero-order chi connectivity index (χ0) is 4.71. The minimum atomic E-state index is -0.556. The molecule has 0 saturated carbocycles. The molecule has 5 heavy (non-hydrogen) atoms. The van der Waals surface area contributed by atoms with Crippen LogP contribution in [-0.2, 0) is 17.0 Å². The van der Waals surface area contributed by atoms with Gasteiger partial charge < -0.3 is 6.92 Å². The van der Waals surface area contributed by atoms with E-state index in [9.17, 15) is 0 Å². The third kappa shape index (κ3) is 34.3. The molecule has 0 aromatic carbocycles. The SMILES string of the molecule is [CH2-]C.[Cl][Ti][Cl]. The molecule has 0 aliphatic carbocycles. The van der Waals surface area contributed by atoms with E-state index in [-0.39, 0.29) is 0 Å². The van der Waals surface area contributed by atoms with Crippen molar-refractivity contribution >= 4 is 18.6 Å². The van der Waals surface area contributed by atoms with Gasteiger partial charge in [0, 0.05) is 0 Å². The van der Waals surface area contributed by atoms with Gasteiger partial charge in [-0.2, -0.15) is 6.92 Å². The second-order valence-corrected chi connectivity index (χ2v) is 2.65. The number of rotatable bonds is 0. The van der Waals surface area contributed by atoms with Crippen LogP contribution in [0.15, 0.2) is 0 Å². The first kappa shape index (κ1) is 9.57. The van der Waals surface area contributed by atoms with Crippen LogP contribution in [0.5, 0.6) is 0 Å². The fraction of sp³-hybridized carbons (Fsp3) is 0.500. The van der Waals surface area contributed by atoms with E-state index in [2.05, 4.69) is 6.92 Å². The maximum atomic E-state index is 4.89. The average Bonchev–Trinajstić information content (AvgIpc) is 1.46. The van der Waals surface area contributed by atoms with E-state index < -0.39 is 17.0 Å². The Morgan fingerprint density at radius 2 is 1.40 bits per heavy atom. The van der Waals surface area contributed by atoms with Gasteiger partial charge in [-0.3, -0.25) is 0 Å². The predicted octanol–water partition coefficient (Wildman–Crippen LogP) is 2.22. The third-order valence-electron chi connectivity index (χ3n) is 0. The molecule has 0 heterocycles. The van der Waals surface area contributed by atoms with Gasteiger partial charge in [-0.05, 0) is 0 Å². The summed E-state index contributed by atoms with van der Waals surface area (Å²) in [6, 6.07) is 0. The molecule has 3 heteroatoms. The summed E-state index contributed by atoms with van der Waals surface area (Å²) in [4.78, 5) is 0. The van der Waals surface area contributed by atoms with Crippen molar-refractivity contribution in [1.29, 1.82) is 0 Å². The second kappa shape index (κ2) is 18.5. The second-order valence-electron chi connectivity index (χ2n) is 0.0714. The molecule has 0 amide bonds. The fourth-order valence-electron chi connectivity index (χ4n) is 0. The van der Waals surface area contributed by atoms with E-state index in [0.29, 0.717) is 0 Å². The van der Waals surface area contributed by atoms with Gasteiger partial charge in [-0.25, -0.2) is 0 Å². The molecule has 0 aromatic rings. The Morgan fingerprint density at radius 3 is 1.40 bits per heavy atom. The molecule has 0 aliphatic rings. The molecule has 0 aromatic heterocycles. The quantitative estimate of drug-likeness (QED) is 0.364. The van der Waals surface area contributed by atoms with Crippen LogP contribution in [0.4, 0.5) is 0 Å². The third-order valence-corrected chi connectivity index (χ3v) is 0. The van der Waals surface area contributed by atoms with Crippen LogP contribution in [0.3, 0.4) is 0 Å². The first-order valence-corrected chi connectivity index (χ1v) is 5.38. The molecule has 0 radical (unpaired) electrons. The van der Waals surface area contributed by atoms with Crippen molar-refractivity contribution in [1.82, 2.24) is 0 Å². The molecule has 0 saturated heterocycles. The summed E-state index contributed by atoms with van der Waals surface area (Å²) in [5, 5.41) is 0. The summed E-state index contributed by atoms with van der Waals surface area (Å²) < 4.78 is 0. The van der Waals surface area contributed by atoms with E-state index in [1.807, 2.05) is 0 Å². The standard InChI is InChI=1S/C2H5.2ClH.Ti/c1-2;;;/h1H2,2H3;2*1H;/q-1;;;+2/p-2. The van der Waals surface area contributed by atoms with Gasteiger partial charge in [0.25, 0.3) is 0 Å². The van der Waals surface area contributed by atoms with Gasteiger partial charge in [0.05, 0.1) is 0 Å². The van der Waals surface area contributed by atoms with Crippen LogP contribution in [0.1, 0.15) is 6.92 Å². The van der Waals surface area contributed by atoms with Gasteiger partial charge in [0.2, 0.25) is 0 Å². The average molecular weight is 148 g/mol. The van der Waals surface area contributed by atoms with Crippen molar-refractivity contribution in [3.63, 3.8) is 0 Å².